The number of β-amino-alcohol motifs (C(OH)–C–C–N with tert-alkyl or cyclic N) is 1. The standard InChI is InChI=1S/C20H19N3O4S2/c21-8-16-15-3-2-14(27-20(26)23-9-13(24)10-23)7-17(15)29-19(16)22-18(25)4-1-12-5-6-28-11-12/h1,4-6,11,13-14,24H,2-3,7,9-10H2,(H,22,25)/b4-1+. The number of thiophene rings is 2. The van der Waals surface area contributed by atoms with Crippen LogP contribution >= 0.6 is 22.7 Å². The smallest absolute Gasteiger partial charge is 0.410 e. The monoisotopic (exact) mass is 429 g/mol. The van der Waals surface area contributed by atoms with E-state index >= 15 is 0 Å². The first-order valence-corrected chi connectivity index (χ1v) is 11.0. The number of aliphatic hydroxyl groups excluding tert-OH is 1. The molecule has 0 radical (unpaired) electrons. The summed E-state index contributed by atoms with van der Waals surface area (Å²) in [4.78, 5) is 26.8. The van der Waals surface area contributed by atoms with E-state index in [2.05, 4.69) is 11.4 Å². The fraction of sp³-hybridized carbons (Fsp3) is 0.350. The van der Waals surface area contributed by atoms with Crippen LogP contribution in [-0.4, -0.2) is 47.3 Å². The normalized spacial score (nSPS) is 18.8. The summed E-state index contributed by atoms with van der Waals surface area (Å²) in [6.07, 6.45) is 3.82. The number of hydrogen-bond donors (Lipinski definition) is 2. The number of nitrogens with one attached hydrogen (secondary N) is 1. The zero-order valence-electron chi connectivity index (χ0n) is 15.5. The van der Waals surface area contributed by atoms with E-state index in [9.17, 15) is 20.0 Å². The number of hydrogen-bond acceptors (Lipinski definition) is 7. The van der Waals surface area contributed by atoms with Crippen molar-refractivity contribution in [2.24, 2.45) is 0 Å². The first-order valence-electron chi connectivity index (χ1n) is 9.23. The lowest BCUT2D eigenvalue weighted by Crippen LogP contribution is -2.54. The maximum absolute atomic E-state index is 12.2. The predicted octanol–water partition coefficient (Wildman–Crippen LogP) is 3.00. The van der Waals surface area contributed by atoms with Gasteiger partial charge in [0.25, 0.3) is 0 Å². The van der Waals surface area contributed by atoms with Crippen LogP contribution in [0.1, 0.15) is 28.0 Å². The first-order chi connectivity index (χ1) is 14.0. The highest BCUT2D eigenvalue weighted by Crippen LogP contribution is 2.38. The van der Waals surface area contributed by atoms with Crippen LogP contribution in [0.3, 0.4) is 0 Å². The number of carbonyl (C=O) groups is 2. The molecule has 1 fully saturated rings. The van der Waals surface area contributed by atoms with Crippen molar-refractivity contribution in [2.45, 2.75) is 31.5 Å². The summed E-state index contributed by atoms with van der Waals surface area (Å²) in [7, 11) is 0. The van der Waals surface area contributed by atoms with E-state index in [4.69, 9.17) is 4.74 Å². The molecule has 1 atom stereocenters. The molecule has 0 spiro atoms. The van der Waals surface area contributed by atoms with Gasteiger partial charge in [-0.25, -0.2) is 4.79 Å². The van der Waals surface area contributed by atoms with Crippen LogP contribution in [0.5, 0.6) is 0 Å². The van der Waals surface area contributed by atoms with E-state index in [0.29, 0.717) is 42.9 Å². The third-order valence-electron chi connectivity index (χ3n) is 4.93. The highest BCUT2D eigenvalue weighted by atomic mass is 32.1. The van der Waals surface area contributed by atoms with E-state index in [1.54, 1.807) is 17.4 Å². The highest BCUT2D eigenvalue weighted by molar-refractivity contribution is 7.16. The van der Waals surface area contributed by atoms with Crippen LogP contribution in [0.4, 0.5) is 9.80 Å². The Morgan fingerprint density at radius 1 is 1.41 bits per heavy atom. The molecule has 3 heterocycles. The summed E-state index contributed by atoms with van der Waals surface area (Å²) in [6, 6.07) is 4.12. The maximum Gasteiger partial charge on any atom is 0.410 e. The van der Waals surface area contributed by atoms with Gasteiger partial charge >= 0.3 is 6.09 Å². The van der Waals surface area contributed by atoms with Crippen molar-refractivity contribution in [3.8, 4) is 6.07 Å². The van der Waals surface area contributed by atoms with Gasteiger partial charge in [0.2, 0.25) is 5.91 Å². The number of nitrogens with zero attached hydrogens (tertiary/aromatic N) is 2. The minimum absolute atomic E-state index is 0.264. The van der Waals surface area contributed by atoms with Crippen molar-refractivity contribution in [2.75, 3.05) is 18.4 Å². The Morgan fingerprint density at radius 3 is 2.93 bits per heavy atom. The molecule has 2 N–H and O–H groups in total. The minimum atomic E-state index is -0.462. The highest BCUT2D eigenvalue weighted by Gasteiger charge is 2.33. The molecule has 7 nitrogen and oxygen atoms in total. The van der Waals surface area contributed by atoms with Crippen molar-refractivity contribution in [3.05, 3.63) is 44.5 Å². The van der Waals surface area contributed by atoms with E-state index in [0.717, 1.165) is 16.0 Å². The lowest BCUT2D eigenvalue weighted by atomic mass is 9.94. The Hall–Kier alpha value is -2.67. The van der Waals surface area contributed by atoms with Gasteiger partial charge in [0.1, 0.15) is 17.2 Å². The van der Waals surface area contributed by atoms with Crippen molar-refractivity contribution in [1.82, 2.24) is 4.90 Å². The summed E-state index contributed by atoms with van der Waals surface area (Å²) >= 11 is 2.92. The van der Waals surface area contributed by atoms with Gasteiger partial charge in [-0.3, -0.25) is 4.79 Å². The van der Waals surface area contributed by atoms with Crippen molar-refractivity contribution in [3.63, 3.8) is 0 Å². The van der Waals surface area contributed by atoms with Crippen LogP contribution in [0.2, 0.25) is 0 Å². The lowest BCUT2D eigenvalue weighted by Gasteiger charge is -2.36. The molecule has 2 aromatic rings. The molecule has 1 aliphatic heterocycles. The fourth-order valence-electron chi connectivity index (χ4n) is 3.38. The maximum atomic E-state index is 12.2. The Balaban J connectivity index is 1.41. The summed E-state index contributed by atoms with van der Waals surface area (Å²) in [6.45, 7) is 0.618. The van der Waals surface area contributed by atoms with Gasteiger partial charge in [-0.05, 0) is 46.9 Å². The Bertz CT molecular complexity index is 984. The molecule has 2 amide bonds. The molecule has 0 saturated carbocycles. The number of anilines is 1. The molecule has 29 heavy (non-hydrogen) atoms. The molecule has 4 rings (SSSR count). The zero-order chi connectivity index (χ0) is 20.4. The van der Waals surface area contributed by atoms with Crippen molar-refractivity contribution >= 4 is 45.8 Å². The van der Waals surface area contributed by atoms with Gasteiger partial charge < -0.3 is 20.1 Å². The molecular formula is C20H19N3O4S2. The van der Waals surface area contributed by atoms with Crippen LogP contribution in [0.25, 0.3) is 6.08 Å². The van der Waals surface area contributed by atoms with Crippen LogP contribution in [0, 0.1) is 11.3 Å². The number of nitriles is 1. The third-order valence-corrected chi connectivity index (χ3v) is 6.80. The SMILES string of the molecule is N#Cc1c(NC(=O)/C=C/c2ccsc2)sc2c1CCC(OC(=O)N1CC(O)C1)C2. The minimum Gasteiger partial charge on any atom is -0.446 e. The van der Waals surface area contributed by atoms with E-state index in [1.165, 1.54) is 22.3 Å². The third kappa shape index (κ3) is 4.34. The molecule has 150 valence electrons. The Labute approximate surface area is 175 Å². The van der Waals surface area contributed by atoms with Gasteiger partial charge in [0.05, 0.1) is 24.8 Å². The molecule has 0 aromatic carbocycles. The Kier molecular flexibility index (Phi) is 5.67. The number of ether oxygens (including phenoxy) is 1. The second-order valence-corrected chi connectivity index (χ2v) is 8.89. The fourth-order valence-corrected chi connectivity index (χ4v) is 5.27. The van der Waals surface area contributed by atoms with Gasteiger partial charge in [0.15, 0.2) is 0 Å². The summed E-state index contributed by atoms with van der Waals surface area (Å²) in [5.74, 6) is -0.286. The molecule has 0 bridgehead atoms. The van der Waals surface area contributed by atoms with Gasteiger partial charge in [-0.15, -0.1) is 11.3 Å². The number of fused-ring (bicyclic) bond motifs is 1. The average Bonchev–Trinajstić information content (AvgIpc) is 3.30. The van der Waals surface area contributed by atoms with Crippen LogP contribution in [0.15, 0.2) is 22.9 Å². The first kappa shape index (κ1) is 19.6. The second kappa shape index (κ2) is 8.37. The second-order valence-electron chi connectivity index (χ2n) is 7.01. The topological polar surface area (TPSA) is 103 Å². The average molecular weight is 430 g/mol. The van der Waals surface area contributed by atoms with Crippen LogP contribution < -0.4 is 5.32 Å². The largest absolute Gasteiger partial charge is 0.446 e. The number of rotatable bonds is 4. The number of carbonyl (C=O) groups excluding carboxylic acids is 2. The molecule has 2 aliphatic rings. The number of aliphatic hydroxyl groups is 1. The molecule has 2 aromatic heterocycles. The number of amides is 2. The Morgan fingerprint density at radius 2 is 2.24 bits per heavy atom. The quantitative estimate of drug-likeness (QED) is 0.728. The van der Waals surface area contributed by atoms with Crippen LogP contribution in [-0.2, 0) is 22.4 Å². The molecule has 1 aliphatic carbocycles. The molecule has 1 saturated heterocycles. The van der Waals surface area contributed by atoms with E-state index < -0.39 is 12.2 Å². The van der Waals surface area contributed by atoms with E-state index in [-0.39, 0.29) is 12.0 Å². The molecule has 9 heteroatoms. The van der Waals surface area contributed by atoms with Gasteiger partial charge in [0, 0.05) is 17.4 Å². The predicted molar refractivity (Wildman–Crippen MR) is 111 cm³/mol. The molecule has 1 unspecified atom stereocenters. The lowest BCUT2D eigenvalue weighted by molar-refractivity contribution is -0.111. The van der Waals surface area contributed by atoms with Gasteiger partial charge in [-0.2, -0.15) is 16.6 Å². The molecular weight excluding hydrogens is 410 g/mol. The summed E-state index contributed by atoms with van der Waals surface area (Å²) < 4.78 is 5.55. The van der Waals surface area contributed by atoms with E-state index in [1.807, 2.05) is 16.8 Å². The van der Waals surface area contributed by atoms with Gasteiger partial charge in [-0.1, -0.05) is 0 Å². The number of likely N-dealkylation sites (tertiary alicyclic amines) is 1. The van der Waals surface area contributed by atoms with Crippen molar-refractivity contribution in [1.29, 1.82) is 5.26 Å². The summed E-state index contributed by atoms with van der Waals surface area (Å²) in [5, 5.41) is 26.1. The summed E-state index contributed by atoms with van der Waals surface area (Å²) in [5.41, 5.74) is 2.38. The van der Waals surface area contributed by atoms with Crippen molar-refractivity contribution < 1.29 is 19.4 Å². The zero-order valence-corrected chi connectivity index (χ0v) is 17.1.